The van der Waals surface area contributed by atoms with Crippen molar-refractivity contribution in [1.82, 2.24) is 4.72 Å². The summed E-state index contributed by atoms with van der Waals surface area (Å²) in [4.78, 5) is -0.408. The molecule has 24 heavy (non-hydrogen) atoms. The van der Waals surface area contributed by atoms with Crippen molar-refractivity contribution in [3.8, 4) is 0 Å². The second kappa shape index (κ2) is 6.18. The van der Waals surface area contributed by atoms with Crippen LogP contribution in [-0.2, 0) is 16.2 Å². The van der Waals surface area contributed by atoms with Crippen LogP contribution in [0.2, 0.25) is 5.02 Å². The second-order valence-electron chi connectivity index (χ2n) is 6.89. The number of hydrogen-bond donors (Lipinski definition) is 1. The van der Waals surface area contributed by atoms with Crippen LogP contribution in [0.1, 0.15) is 38.2 Å². The van der Waals surface area contributed by atoms with Gasteiger partial charge >= 0.3 is 6.18 Å². The first-order valence-corrected chi connectivity index (χ1v) is 9.83. The maximum absolute atomic E-state index is 12.9. The summed E-state index contributed by atoms with van der Waals surface area (Å²) in [5, 5.41) is -0.511. The molecule has 0 heterocycles. The number of alkyl halides is 3. The molecule has 0 radical (unpaired) electrons. The molecule has 2 aliphatic carbocycles. The Balaban J connectivity index is 1.80. The van der Waals surface area contributed by atoms with Gasteiger partial charge in [0.25, 0.3) is 0 Å². The van der Waals surface area contributed by atoms with Crippen molar-refractivity contribution in [2.45, 2.75) is 49.7 Å². The molecular weight excluding hydrogens is 363 g/mol. The van der Waals surface area contributed by atoms with Gasteiger partial charge in [-0.1, -0.05) is 18.0 Å². The zero-order valence-corrected chi connectivity index (χ0v) is 14.7. The number of fused-ring (bicyclic) bond motifs is 2. The van der Waals surface area contributed by atoms with Crippen LogP contribution < -0.4 is 4.72 Å². The molecule has 0 saturated heterocycles. The molecule has 0 spiro atoms. The molecule has 3 nitrogen and oxygen atoms in total. The number of nitrogens with one attached hydrogen (secondary N) is 1. The zero-order chi connectivity index (χ0) is 17.7. The summed E-state index contributed by atoms with van der Waals surface area (Å²) in [5.41, 5.74) is -1.14. The van der Waals surface area contributed by atoms with Crippen LogP contribution in [-0.4, -0.2) is 14.5 Å². The smallest absolute Gasteiger partial charge is 0.208 e. The third-order valence-corrected chi connectivity index (χ3v) is 7.22. The molecule has 0 aromatic heterocycles. The van der Waals surface area contributed by atoms with Gasteiger partial charge in [0.1, 0.15) is 0 Å². The van der Waals surface area contributed by atoms with Crippen LogP contribution in [0.15, 0.2) is 23.1 Å². The largest absolute Gasteiger partial charge is 0.417 e. The third kappa shape index (κ3) is 3.44. The summed E-state index contributed by atoms with van der Waals surface area (Å²) in [6.07, 6.45) is -0.259. The van der Waals surface area contributed by atoms with Crippen LogP contribution in [0.25, 0.3) is 0 Å². The third-order valence-electron chi connectivity index (χ3n) is 5.33. The monoisotopic (exact) mass is 381 g/mol. The number of halogens is 4. The van der Waals surface area contributed by atoms with Gasteiger partial charge in [0.2, 0.25) is 10.0 Å². The molecule has 1 aromatic carbocycles. The normalized spacial score (nSPS) is 28.3. The number of sulfonamides is 1. The van der Waals surface area contributed by atoms with Gasteiger partial charge in [0, 0.05) is 6.04 Å². The lowest BCUT2D eigenvalue weighted by atomic mass is 9.84. The Bertz CT molecular complexity index is 735. The molecule has 2 saturated carbocycles. The van der Waals surface area contributed by atoms with E-state index in [-0.39, 0.29) is 12.0 Å². The average Bonchev–Trinajstić information content (AvgIpc) is 3.08. The van der Waals surface area contributed by atoms with Gasteiger partial charge in [-0.15, -0.1) is 0 Å². The molecule has 1 N–H and O–H groups in total. The van der Waals surface area contributed by atoms with Crippen LogP contribution in [0.3, 0.4) is 0 Å². The fourth-order valence-corrected chi connectivity index (χ4v) is 5.74. The average molecular weight is 382 g/mol. The first-order chi connectivity index (χ1) is 11.1. The lowest BCUT2D eigenvalue weighted by Crippen LogP contribution is -2.40. The number of rotatable bonds is 4. The van der Waals surface area contributed by atoms with E-state index < -0.39 is 31.7 Å². The molecule has 2 fully saturated rings. The van der Waals surface area contributed by atoms with E-state index in [2.05, 4.69) is 4.72 Å². The molecule has 2 bridgehead atoms. The van der Waals surface area contributed by atoms with E-state index in [1.54, 1.807) is 6.92 Å². The highest BCUT2D eigenvalue weighted by molar-refractivity contribution is 7.89. The summed E-state index contributed by atoms with van der Waals surface area (Å²) in [6.45, 7) is 1.80. The first kappa shape index (κ1) is 18.0. The van der Waals surface area contributed by atoms with E-state index in [1.807, 2.05) is 0 Å². The summed E-state index contributed by atoms with van der Waals surface area (Å²) in [5.74, 6) is 1.44. The Morgan fingerprint density at radius 3 is 2.50 bits per heavy atom. The summed E-state index contributed by atoms with van der Waals surface area (Å²) in [7, 11) is -4.02. The van der Waals surface area contributed by atoms with Crippen LogP contribution in [0.4, 0.5) is 13.2 Å². The highest BCUT2D eigenvalue weighted by atomic mass is 35.5. The van der Waals surface area contributed by atoms with E-state index in [1.165, 1.54) is 6.42 Å². The van der Waals surface area contributed by atoms with Crippen LogP contribution in [0, 0.1) is 17.8 Å². The van der Waals surface area contributed by atoms with Gasteiger partial charge in [-0.2, -0.15) is 13.2 Å². The molecule has 0 amide bonds. The highest BCUT2D eigenvalue weighted by Crippen LogP contribution is 2.49. The molecule has 3 rings (SSSR count). The lowest BCUT2D eigenvalue weighted by Gasteiger charge is -2.28. The Hall–Kier alpha value is -0.790. The zero-order valence-electron chi connectivity index (χ0n) is 13.1. The molecule has 8 heteroatoms. The summed E-state index contributed by atoms with van der Waals surface area (Å²) in [6, 6.07) is 2.38. The minimum Gasteiger partial charge on any atom is -0.208 e. The topological polar surface area (TPSA) is 46.2 Å². The predicted molar refractivity (Wildman–Crippen MR) is 85.2 cm³/mol. The standard InChI is InChI=1S/C16H19ClF3NO2S/c1-9(13-7-10-2-3-11(13)6-10)21-24(22,23)12-4-5-15(17)14(8-12)16(18,19)20/h4-5,8-11,13,21H,2-3,6-7H2,1H3/t9-,10+,11+,13-/m1/s1. The van der Waals surface area contributed by atoms with Gasteiger partial charge in [0.15, 0.2) is 0 Å². The first-order valence-electron chi connectivity index (χ1n) is 7.97. The van der Waals surface area contributed by atoms with Crippen LogP contribution in [0.5, 0.6) is 0 Å². The summed E-state index contributed by atoms with van der Waals surface area (Å²) >= 11 is 5.55. The molecule has 2 aliphatic rings. The molecule has 1 aromatic rings. The van der Waals surface area contributed by atoms with E-state index in [4.69, 9.17) is 11.6 Å². The van der Waals surface area contributed by atoms with Gasteiger partial charge < -0.3 is 0 Å². The second-order valence-corrected chi connectivity index (χ2v) is 9.01. The Morgan fingerprint density at radius 1 is 1.25 bits per heavy atom. The van der Waals surface area contributed by atoms with Crippen molar-refractivity contribution in [2.75, 3.05) is 0 Å². The maximum Gasteiger partial charge on any atom is 0.417 e. The van der Waals surface area contributed by atoms with Crippen molar-refractivity contribution in [1.29, 1.82) is 0 Å². The fraction of sp³-hybridized carbons (Fsp3) is 0.625. The van der Waals surface area contributed by atoms with E-state index in [0.717, 1.165) is 31.4 Å². The minimum atomic E-state index is -4.70. The SMILES string of the molecule is C[C@@H](NS(=O)(=O)c1ccc(Cl)c(C(F)(F)F)c1)[C@H]1C[C@H]2CC[C@H]1C2. The van der Waals surface area contributed by atoms with Crippen molar-refractivity contribution in [3.05, 3.63) is 28.8 Å². The van der Waals surface area contributed by atoms with Gasteiger partial charge in [0.05, 0.1) is 15.5 Å². The Labute approximate surface area is 144 Å². The number of benzene rings is 1. The van der Waals surface area contributed by atoms with Crippen molar-refractivity contribution in [3.63, 3.8) is 0 Å². The predicted octanol–water partition coefficient (Wildman–Crippen LogP) is 4.46. The highest BCUT2D eigenvalue weighted by Gasteiger charge is 2.43. The van der Waals surface area contributed by atoms with Crippen LogP contribution >= 0.6 is 11.6 Å². The molecule has 0 unspecified atom stereocenters. The van der Waals surface area contributed by atoms with E-state index >= 15 is 0 Å². The van der Waals surface area contributed by atoms with Gasteiger partial charge in [-0.3, -0.25) is 0 Å². The molecular formula is C16H19ClF3NO2S. The molecule has 134 valence electrons. The quantitative estimate of drug-likeness (QED) is 0.836. The van der Waals surface area contributed by atoms with Gasteiger partial charge in [-0.05, 0) is 62.1 Å². The van der Waals surface area contributed by atoms with E-state index in [0.29, 0.717) is 17.9 Å². The fourth-order valence-electron chi connectivity index (χ4n) is 4.20. The summed E-state index contributed by atoms with van der Waals surface area (Å²) < 4.78 is 66.3. The Kier molecular flexibility index (Phi) is 4.64. The van der Waals surface area contributed by atoms with Crippen molar-refractivity contribution >= 4 is 21.6 Å². The van der Waals surface area contributed by atoms with Crippen molar-refractivity contribution in [2.24, 2.45) is 17.8 Å². The number of hydrogen-bond acceptors (Lipinski definition) is 2. The maximum atomic E-state index is 12.9. The van der Waals surface area contributed by atoms with Crippen molar-refractivity contribution < 1.29 is 21.6 Å². The molecule has 0 aliphatic heterocycles. The lowest BCUT2D eigenvalue weighted by molar-refractivity contribution is -0.137. The molecule has 4 atom stereocenters. The van der Waals surface area contributed by atoms with Gasteiger partial charge in [-0.25, -0.2) is 13.1 Å². The Morgan fingerprint density at radius 2 is 1.96 bits per heavy atom. The van der Waals surface area contributed by atoms with E-state index in [9.17, 15) is 21.6 Å². The minimum absolute atomic E-state index is 0.257.